The third-order valence-corrected chi connectivity index (χ3v) is 4.07. The maximum atomic E-state index is 3.40. The summed E-state index contributed by atoms with van der Waals surface area (Å²) in [6, 6.07) is 6.81. The first kappa shape index (κ1) is 13.2. The summed E-state index contributed by atoms with van der Waals surface area (Å²) in [5, 5.41) is 1.39. The van der Waals surface area contributed by atoms with Crippen molar-refractivity contribution >= 4 is 10.9 Å². The summed E-state index contributed by atoms with van der Waals surface area (Å²) in [6.45, 7) is 13.7. The molecular formula is C17H25N. The van der Waals surface area contributed by atoms with Crippen LogP contribution in [0.4, 0.5) is 0 Å². The molecule has 0 spiro atoms. The first-order chi connectivity index (χ1) is 8.30. The van der Waals surface area contributed by atoms with Crippen LogP contribution < -0.4 is 0 Å². The van der Waals surface area contributed by atoms with E-state index in [1.165, 1.54) is 22.0 Å². The zero-order chi connectivity index (χ0) is 13.5. The molecule has 0 radical (unpaired) electrons. The van der Waals surface area contributed by atoms with E-state index in [1.807, 2.05) is 0 Å². The van der Waals surface area contributed by atoms with Gasteiger partial charge in [-0.05, 0) is 40.5 Å². The average molecular weight is 243 g/mol. The van der Waals surface area contributed by atoms with Gasteiger partial charge < -0.3 is 4.98 Å². The van der Waals surface area contributed by atoms with Crippen molar-refractivity contribution in [3.05, 3.63) is 35.5 Å². The lowest BCUT2D eigenvalue weighted by Gasteiger charge is -2.20. The first-order valence-electron chi connectivity index (χ1n) is 6.92. The smallest absolute Gasteiger partial charge is 0.0457 e. The summed E-state index contributed by atoms with van der Waals surface area (Å²) >= 11 is 0. The van der Waals surface area contributed by atoms with E-state index < -0.39 is 0 Å². The Kier molecular flexibility index (Phi) is 3.27. The maximum absolute atomic E-state index is 3.40. The van der Waals surface area contributed by atoms with E-state index in [-0.39, 0.29) is 5.41 Å². The molecule has 1 atom stereocenters. The second-order valence-corrected chi connectivity index (χ2v) is 6.79. The highest BCUT2D eigenvalue weighted by Crippen LogP contribution is 2.33. The molecule has 1 aromatic carbocycles. The molecule has 0 saturated heterocycles. The maximum Gasteiger partial charge on any atom is 0.0457 e. The Balaban J connectivity index is 2.57. The van der Waals surface area contributed by atoms with Crippen molar-refractivity contribution in [2.75, 3.05) is 0 Å². The zero-order valence-corrected chi connectivity index (χ0v) is 12.5. The molecule has 0 aliphatic heterocycles. The first-order valence-corrected chi connectivity index (χ1v) is 6.92. The molecule has 0 bridgehead atoms. The molecule has 2 rings (SSSR count). The minimum absolute atomic E-state index is 0.212. The van der Waals surface area contributed by atoms with Gasteiger partial charge in [-0.25, -0.2) is 0 Å². The standard InChI is InChI=1S/C17H25N/c1-11(2)12(3)15-10-18-16-8-7-13(9-14(15)16)17(4,5)6/h7-12,18H,1-6H3. The zero-order valence-electron chi connectivity index (χ0n) is 12.5. The largest absolute Gasteiger partial charge is 0.361 e. The van der Waals surface area contributed by atoms with Crippen LogP contribution >= 0.6 is 0 Å². The van der Waals surface area contributed by atoms with Crippen LogP contribution in [0.5, 0.6) is 0 Å². The molecule has 98 valence electrons. The van der Waals surface area contributed by atoms with Crippen LogP contribution in [0.3, 0.4) is 0 Å². The molecule has 0 fully saturated rings. The molecule has 1 heteroatoms. The lowest BCUT2D eigenvalue weighted by atomic mass is 9.84. The summed E-state index contributed by atoms with van der Waals surface area (Å²) in [7, 11) is 0. The highest BCUT2D eigenvalue weighted by Gasteiger charge is 2.18. The van der Waals surface area contributed by atoms with Crippen molar-refractivity contribution in [3.63, 3.8) is 0 Å². The number of H-pyrrole nitrogens is 1. The van der Waals surface area contributed by atoms with Crippen LogP contribution in [0.1, 0.15) is 58.6 Å². The molecule has 0 saturated carbocycles. The number of hydrogen-bond donors (Lipinski definition) is 1. The lowest BCUT2D eigenvalue weighted by molar-refractivity contribution is 0.538. The number of nitrogens with one attached hydrogen (secondary N) is 1. The quantitative estimate of drug-likeness (QED) is 0.744. The molecule has 18 heavy (non-hydrogen) atoms. The second-order valence-electron chi connectivity index (χ2n) is 6.79. The highest BCUT2D eigenvalue weighted by atomic mass is 14.7. The average Bonchev–Trinajstić information content (AvgIpc) is 2.69. The van der Waals surface area contributed by atoms with Crippen LogP contribution in [-0.4, -0.2) is 4.98 Å². The molecule has 1 unspecified atom stereocenters. The monoisotopic (exact) mass is 243 g/mol. The van der Waals surface area contributed by atoms with Crippen molar-refractivity contribution in [1.82, 2.24) is 4.98 Å². The van der Waals surface area contributed by atoms with Crippen molar-refractivity contribution < 1.29 is 0 Å². The van der Waals surface area contributed by atoms with Gasteiger partial charge in [-0.3, -0.25) is 0 Å². The second kappa shape index (κ2) is 4.46. The topological polar surface area (TPSA) is 15.8 Å². The Bertz CT molecular complexity index is 540. The Morgan fingerprint density at radius 1 is 1.06 bits per heavy atom. The number of fused-ring (bicyclic) bond motifs is 1. The van der Waals surface area contributed by atoms with Gasteiger partial charge in [0.15, 0.2) is 0 Å². The molecule has 2 aromatic rings. The van der Waals surface area contributed by atoms with Gasteiger partial charge in [-0.1, -0.05) is 47.6 Å². The van der Waals surface area contributed by atoms with Crippen molar-refractivity contribution in [3.8, 4) is 0 Å². The van der Waals surface area contributed by atoms with Crippen molar-refractivity contribution in [2.24, 2.45) is 5.92 Å². The highest BCUT2D eigenvalue weighted by molar-refractivity contribution is 5.84. The van der Waals surface area contributed by atoms with Gasteiger partial charge in [0.2, 0.25) is 0 Å². The lowest BCUT2D eigenvalue weighted by Crippen LogP contribution is -2.10. The summed E-state index contributed by atoms with van der Waals surface area (Å²) < 4.78 is 0. The number of aromatic nitrogens is 1. The van der Waals surface area contributed by atoms with E-state index in [1.54, 1.807) is 0 Å². The molecule has 0 aliphatic rings. The predicted molar refractivity (Wildman–Crippen MR) is 80.3 cm³/mol. The summed E-state index contributed by atoms with van der Waals surface area (Å²) in [5.41, 5.74) is 4.33. The third-order valence-electron chi connectivity index (χ3n) is 4.07. The minimum atomic E-state index is 0.212. The van der Waals surface area contributed by atoms with Crippen LogP contribution in [0.2, 0.25) is 0 Å². The Labute approximate surface area is 111 Å². The number of aromatic amines is 1. The molecule has 0 amide bonds. The Morgan fingerprint density at radius 2 is 1.72 bits per heavy atom. The van der Waals surface area contributed by atoms with E-state index in [0.717, 1.165) is 0 Å². The van der Waals surface area contributed by atoms with Gasteiger partial charge in [0, 0.05) is 17.1 Å². The predicted octanol–water partition coefficient (Wildman–Crippen LogP) is 5.22. The van der Waals surface area contributed by atoms with Crippen LogP contribution in [0.25, 0.3) is 10.9 Å². The van der Waals surface area contributed by atoms with E-state index in [4.69, 9.17) is 0 Å². The fraction of sp³-hybridized carbons (Fsp3) is 0.529. The number of benzene rings is 1. The Hall–Kier alpha value is -1.24. The van der Waals surface area contributed by atoms with Gasteiger partial charge in [-0.2, -0.15) is 0 Å². The number of rotatable bonds is 2. The molecule has 1 N–H and O–H groups in total. The van der Waals surface area contributed by atoms with E-state index in [2.05, 4.69) is 70.9 Å². The molecule has 1 heterocycles. The fourth-order valence-corrected chi connectivity index (χ4v) is 2.34. The normalized spacial score (nSPS) is 14.4. The van der Waals surface area contributed by atoms with Crippen molar-refractivity contribution in [2.45, 2.75) is 52.9 Å². The van der Waals surface area contributed by atoms with Gasteiger partial charge in [0.25, 0.3) is 0 Å². The van der Waals surface area contributed by atoms with Gasteiger partial charge in [-0.15, -0.1) is 0 Å². The third kappa shape index (κ3) is 2.31. The summed E-state index contributed by atoms with van der Waals surface area (Å²) in [5.74, 6) is 1.26. The number of hydrogen-bond acceptors (Lipinski definition) is 0. The van der Waals surface area contributed by atoms with Crippen LogP contribution in [0, 0.1) is 5.92 Å². The molecule has 1 nitrogen and oxygen atoms in total. The molecule has 0 aliphatic carbocycles. The summed E-state index contributed by atoms with van der Waals surface area (Å²) in [6.07, 6.45) is 2.18. The van der Waals surface area contributed by atoms with Gasteiger partial charge in [0.1, 0.15) is 0 Å². The van der Waals surface area contributed by atoms with Crippen molar-refractivity contribution in [1.29, 1.82) is 0 Å². The molecular weight excluding hydrogens is 218 g/mol. The van der Waals surface area contributed by atoms with Crippen LogP contribution in [-0.2, 0) is 5.41 Å². The van der Waals surface area contributed by atoms with Gasteiger partial charge in [0.05, 0.1) is 0 Å². The summed E-state index contributed by atoms with van der Waals surface area (Å²) in [4.78, 5) is 3.40. The van der Waals surface area contributed by atoms with E-state index in [9.17, 15) is 0 Å². The van der Waals surface area contributed by atoms with E-state index >= 15 is 0 Å². The van der Waals surface area contributed by atoms with Crippen LogP contribution in [0.15, 0.2) is 24.4 Å². The fourth-order valence-electron chi connectivity index (χ4n) is 2.34. The Morgan fingerprint density at radius 3 is 2.28 bits per heavy atom. The van der Waals surface area contributed by atoms with Gasteiger partial charge >= 0.3 is 0 Å². The SMILES string of the molecule is CC(C)C(C)c1c[nH]c2ccc(C(C)(C)C)cc12. The van der Waals surface area contributed by atoms with E-state index in [0.29, 0.717) is 11.8 Å². The molecule has 1 aromatic heterocycles. The minimum Gasteiger partial charge on any atom is -0.361 e.